The molecule has 1 aliphatic heterocycles. The van der Waals surface area contributed by atoms with Gasteiger partial charge in [0.25, 0.3) is 0 Å². The number of hydrogen-bond donors (Lipinski definition) is 3. The number of nitrogens with one attached hydrogen (secondary N) is 1. The van der Waals surface area contributed by atoms with E-state index in [2.05, 4.69) is 5.32 Å². The minimum atomic E-state index is -3.66. The van der Waals surface area contributed by atoms with Crippen molar-refractivity contribution in [1.82, 2.24) is 10.2 Å². The number of sulfone groups is 1. The first-order chi connectivity index (χ1) is 17.7. The van der Waals surface area contributed by atoms with Crippen LogP contribution in [-0.4, -0.2) is 55.2 Å². The molecule has 9 heteroatoms. The molecule has 3 N–H and O–H groups in total. The van der Waals surface area contributed by atoms with Crippen molar-refractivity contribution in [1.29, 1.82) is 0 Å². The molecule has 1 heterocycles. The number of carboxylic acid groups (broad SMARTS) is 1. The predicted octanol–water partition coefficient (Wildman–Crippen LogP) is 4.09. The normalized spacial score (nSPS) is 17.1. The number of benzene rings is 3. The number of likely N-dealkylation sites (tertiary alicyclic amines) is 1. The van der Waals surface area contributed by atoms with Gasteiger partial charge in [-0.15, -0.1) is 0 Å². The van der Waals surface area contributed by atoms with Crippen LogP contribution < -0.4 is 5.32 Å². The molecule has 0 spiro atoms. The van der Waals surface area contributed by atoms with Crippen molar-refractivity contribution >= 4 is 27.4 Å². The first-order valence-electron chi connectivity index (χ1n) is 12.3. The van der Waals surface area contributed by atoms with E-state index in [1.165, 1.54) is 0 Å². The lowest BCUT2D eigenvalue weighted by Gasteiger charge is -2.21. The van der Waals surface area contributed by atoms with Crippen molar-refractivity contribution in [2.75, 3.05) is 19.6 Å². The Kier molecular flexibility index (Phi) is 9.00. The van der Waals surface area contributed by atoms with Gasteiger partial charge < -0.3 is 15.5 Å². The third kappa shape index (κ3) is 6.97. The molecule has 196 valence electrons. The van der Waals surface area contributed by atoms with Gasteiger partial charge >= 0.3 is 5.97 Å². The fraction of sp³-hybridized carbons (Fsp3) is 0.321. The zero-order valence-electron chi connectivity index (χ0n) is 20.4. The van der Waals surface area contributed by atoms with Gasteiger partial charge in [0, 0.05) is 18.1 Å². The fourth-order valence-electron chi connectivity index (χ4n) is 4.58. The SMILES string of the molecule is O=C(O)[C@@H]1CCCN1Cc1ccc(S(=O)(=O)c2ccc(CCNC[C@H](O)c3cccc(Cl)c3)cc2)cc1. The molecule has 1 saturated heterocycles. The van der Waals surface area contributed by atoms with Crippen LogP contribution in [-0.2, 0) is 27.6 Å². The van der Waals surface area contributed by atoms with Crippen molar-refractivity contribution < 1.29 is 23.4 Å². The topological polar surface area (TPSA) is 107 Å². The summed E-state index contributed by atoms with van der Waals surface area (Å²) in [7, 11) is -3.66. The maximum absolute atomic E-state index is 13.1. The highest BCUT2D eigenvalue weighted by Crippen LogP contribution is 2.24. The average Bonchev–Trinajstić information content (AvgIpc) is 3.35. The van der Waals surface area contributed by atoms with Crippen molar-refractivity contribution in [2.45, 2.75) is 47.7 Å². The van der Waals surface area contributed by atoms with Crippen LogP contribution in [0.15, 0.2) is 82.6 Å². The molecule has 0 aromatic heterocycles. The zero-order chi connectivity index (χ0) is 26.4. The molecule has 3 aromatic carbocycles. The van der Waals surface area contributed by atoms with Crippen molar-refractivity contribution in [2.24, 2.45) is 0 Å². The number of carbonyl (C=O) groups is 1. The van der Waals surface area contributed by atoms with E-state index in [4.69, 9.17) is 11.6 Å². The Bertz CT molecular complexity index is 1310. The molecular formula is C28H31ClN2O5S. The molecule has 0 saturated carbocycles. The fourth-order valence-corrected chi connectivity index (χ4v) is 6.04. The Morgan fingerprint density at radius 2 is 1.68 bits per heavy atom. The Morgan fingerprint density at radius 3 is 2.30 bits per heavy atom. The average molecular weight is 543 g/mol. The van der Waals surface area contributed by atoms with E-state index in [0.717, 1.165) is 29.7 Å². The summed E-state index contributed by atoms with van der Waals surface area (Å²) < 4.78 is 26.2. The third-order valence-corrected chi connectivity index (χ3v) is 8.68. The lowest BCUT2D eigenvalue weighted by Crippen LogP contribution is -2.35. The van der Waals surface area contributed by atoms with Gasteiger partial charge in [0.05, 0.1) is 15.9 Å². The number of rotatable bonds is 11. The van der Waals surface area contributed by atoms with E-state index < -0.39 is 28.0 Å². The number of aliphatic carboxylic acids is 1. The molecule has 3 aromatic rings. The molecular weight excluding hydrogens is 512 g/mol. The molecule has 37 heavy (non-hydrogen) atoms. The molecule has 7 nitrogen and oxygen atoms in total. The van der Waals surface area contributed by atoms with E-state index >= 15 is 0 Å². The second-order valence-electron chi connectivity index (χ2n) is 9.28. The van der Waals surface area contributed by atoms with Gasteiger partial charge in [-0.2, -0.15) is 0 Å². The smallest absolute Gasteiger partial charge is 0.320 e. The van der Waals surface area contributed by atoms with Crippen LogP contribution in [0.2, 0.25) is 5.02 Å². The molecule has 0 bridgehead atoms. The third-order valence-electron chi connectivity index (χ3n) is 6.66. The van der Waals surface area contributed by atoms with Crippen LogP contribution in [0, 0.1) is 0 Å². The number of halogens is 1. The maximum Gasteiger partial charge on any atom is 0.320 e. The molecule has 4 rings (SSSR count). The number of aliphatic hydroxyl groups excluding tert-OH is 1. The Labute approximate surface area is 222 Å². The van der Waals surface area contributed by atoms with Gasteiger partial charge in [0.1, 0.15) is 6.04 Å². The summed E-state index contributed by atoms with van der Waals surface area (Å²) >= 11 is 5.97. The molecule has 0 amide bonds. The molecule has 1 fully saturated rings. The van der Waals surface area contributed by atoms with Crippen LogP contribution in [0.1, 0.15) is 35.6 Å². The zero-order valence-corrected chi connectivity index (χ0v) is 22.0. The monoisotopic (exact) mass is 542 g/mol. The Morgan fingerprint density at radius 1 is 1.03 bits per heavy atom. The highest BCUT2D eigenvalue weighted by atomic mass is 35.5. The number of hydrogen-bond acceptors (Lipinski definition) is 6. The van der Waals surface area contributed by atoms with Gasteiger partial charge in [-0.3, -0.25) is 9.69 Å². The molecule has 0 unspecified atom stereocenters. The summed E-state index contributed by atoms with van der Waals surface area (Å²) in [6.07, 6.45) is 1.51. The summed E-state index contributed by atoms with van der Waals surface area (Å²) in [5.74, 6) is -0.814. The second kappa shape index (κ2) is 12.2. The van der Waals surface area contributed by atoms with Crippen molar-refractivity contribution in [3.05, 3.63) is 94.5 Å². The van der Waals surface area contributed by atoms with Gasteiger partial charge in [-0.1, -0.05) is 48.0 Å². The quantitative estimate of drug-likeness (QED) is 0.313. The standard InChI is InChI=1S/C28H31ClN2O5S/c29-23-4-1-3-22(17-23)27(32)18-30-15-14-20-6-10-24(11-7-20)37(35,36)25-12-8-21(9-13-25)19-31-16-2-5-26(31)28(33)34/h1,3-4,6-13,17,26-27,30,32H,2,5,14-16,18-19H2,(H,33,34)/t26-,27-/m0/s1. The summed E-state index contributed by atoms with van der Waals surface area (Å²) in [6.45, 7) is 2.22. The lowest BCUT2D eigenvalue weighted by atomic mass is 10.1. The van der Waals surface area contributed by atoms with E-state index in [1.807, 2.05) is 11.0 Å². The van der Waals surface area contributed by atoms with E-state index in [-0.39, 0.29) is 9.79 Å². The van der Waals surface area contributed by atoms with Crippen LogP contribution in [0.25, 0.3) is 0 Å². The predicted molar refractivity (Wildman–Crippen MR) is 142 cm³/mol. The minimum absolute atomic E-state index is 0.205. The van der Waals surface area contributed by atoms with Crippen LogP contribution in [0.4, 0.5) is 0 Å². The maximum atomic E-state index is 13.1. The number of nitrogens with zero attached hydrogens (tertiary/aromatic N) is 1. The Balaban J connectivity index is 1.30. The molecule has 0 radical (unpaired) electrons. The second-order valence-corrected chi connectivity index (χ2v) is 11.7. The van der Waals surface area contributed by atoms with Gasteiger partial charge in [0.15, 0.2) is 0 Å². The van der Waals surface area contributed by atoms with Gasteiger partial charge in [0.2, 0.25) is 9.84 Å². The number of aliphatic hydroxyl groups is 1. The largest absolute Gasteiger partial charge is 0.480 e. The van der Waals surface area contributed by atoms with Crippen molar-refractivity contribution in [3.63, 3.8) is 0 Å². The van der Waals surface area contributed by atoms with Gasteiger partial charge in [-0.05, 0) is 85.4 Å². The van der Waals surface area contributed by atoms with E-state index in [9.17, 15) is 23.4 Å². The van der Waals surface area contributed by atoms with Gasteiger partial charge in [-0.25, -0.2) is 8.42 Å². The first kappa shape index (κ1) is 27.3. The highest BCUT2D eigenvalue weighted by Gasteiger charge is 2.30. The summed E-state index contributed by atoms with van der Waals surface area (Å²) in [5, 5.41) is 23.4. The summed E-state index contributed by atoms with van der Waals surface area (Å²) in [6, 6.07) is 20.1. The number of carboxylic acids is 1. The highest BCUT2D eigenvalue weighted by molar-refractivity contribution is 7.91. The van der Waals surface area contributed by atoms with Crippen LogP contribution in [0.5, 0.6) is 0 Å². The van der Waals surface area contributed by atoms with E-state index in [1.54, 1.807) is 66.7 Å². The first-order valence-corrected chi connectivity index (χ1v) is 14.1. The summed E-state index contributed by atoms with van der Waals surface area (Å²) in [4.78, 5) is 13.7. The summed E-state index contributed by atoms with van der Waals surface area (Å²) in [5.41, 5.74) is 2.62. The molecule has 2 atom stereocenters. The lowest BCUT2D eigenvalue weighted by molar-refractivity contribution is -0.142. The Hall–Kier alpha value is -2.75. The molecule has 1 aliphatic rings. The van der Waals surface area contributed by atoms with Crippen LogP contribution >= 0.6 is 11.6 Å². The minimum Gasteiger partial charge on any atom is -0.480 e. The van der Waals surface area contributed by atoms with Crippen LogP contribution in [0.3, 0.4) is 0 Å². The molecule has 0 aliphatic carbocycles. The van der Waals surface area contributed by atoms with Crippen molar-refractivity contribution in [3.8, 4) is 0 Å². The van der Waals surface area contributed by atoms with E-state index in [0.29, 0.717) is 37.5 Å².